The summed E-state index contributed by atoms with van der Waals surface area (Å²) in [7, 11) is 0. The number of thiazole rings is 1. The summed E-state index contributed by atoms with van der Waals surface area (Å²) in [5.74, 6) is -1.23. The van der Waals surface area contributed by atoms with E-state index >= 15 is 0 Å². The van der Waals surface area contributed by atoms with Crippen LogP contribution in [0.3, 0.4) is 0 Å². The number of anilines is 1. The predicted octanol–water partition coefficient (Wildman–Crippen LogP) is 2.37. The Labute approximate surface area is 98.7 Å². The number of carbonyl (C=O) groups is 1. The molecule has 1 N–H and O–H groups in total. The van der Waals surface area contributed by atoms with E-state index in [1.54, 1.807) is 0 Å². The SMILES string of the molecule is O=C(O)c1csc(N(CC(F)(F)F)C2CC2)n1. The first-order chi connectivity index (χ1) is 7.87. The van der Waals surface area contributed by atoms with E-state index in [0.717, 1.165) is 16.2 Å². The molecular weight excluding hydrogens is 257 g/mol. The van der Waals surface area contributed by atoms with Crippen LogP contribution >= 0.6 is 11.3 Å². The van der Waals surface area contributed by atoms with Crippen molar-refractivity contribution in [3.8, 4) is 0 Å². The van der Waals surface area contributed by atoms with Gasteiger partial charge in [-0.3, -0.25) is 0 Å². The third-order valence-electron chi connectivity index (χ3n) is 2.29. The lowest BCUT2D eigenvalue weighted by Crippen LogP contribution is -2.35. The summed E-state index contributed by atoms with van der Waals surface area (Å²) in [5.41, 5.74) is -0.210. The van der Waals surface area contributed by atoms with Crippen LogP contribution in [0.1, 0.15) is 23.3 Å². The number of carboxylic acid groups (broad SMARTS) is 1. The van der Waals surface area contributed by atoms with Gasteiger partial charge >= 0.3 is 12.1 Å². The molecule has 1 aliphatic rings. The molecule has 0 spiro atoms. The molecule has 0 amide bonds. The maximum atomic E-state index is 12.4. The van der Waals surface area contributed by atoms with Crippen LogP contribution < -0.4 is 4.90 Å². The number of hydrogen-bond acceptors (Lipinski definition) is 4. The van der Waals surface area contributed by atoms with Crippen molar-refractivity contribution >= 4 is 22.4 Å². The van der Waals surface area contributed by atoms with E-state index in [-0.39, 0.29) is 16.9 Å². The third kappa shape index (κ3) is 3.09. The number of aromatic carboxylic acids is 1. The molecule has 1 aliphatic carbocycles. The van der Waals surface area contributed by atoms with Crippen molar-refractivity contribution in [3.05, 3.63) is 11.1 Å². The third-order valence-corrected chi connectivity index (χ3v) is 3.17. The second-order valence-corrected chi connectivity index (χ2v) is 4.63. The van der Waals surface area contributed by atoms with E-state index in [1.807, 2.05) is 0 Å². The monoisotopic (exact) mass is 266 g/mol. The van der Waals surface area contributed by atoms with E-state index in [0.29, 0.717) is 12.8 Å². The first-order valence-electron chi connectivity index (χ1n) is 4.89. The molecule has 4 nitrogen and oxygen atoms in total. The Morgan fingerprint density at radius 1 is 1.59 bits per heavy atom. The molecule has 2 rings (SSSR count). The zero-order valence-electron chi connectivity index (χ0n) is 8.57. The fourth-order valence-corrected chi connectivity index (χ4v) is 2.30. The molecule has 0 aromatic carbocycles. The lowest BCUT2D eigenvalue weighted by Gasteiger charge is -2.22. The number of aromatic nitrogens is 1. The van der Waals surface area contributed by atoms with E-state index in [1.165, 1.54) is 5.38 Å². The van der Waals surface area contributed by atoms with Gasteiger partial charge in [-0.15, -0.1) is 11.3 Å². The average Bonchev–Trinajstić information content (AvgIpc) is 2.90. The molecule has 0 saturated heterocycles. The molecule has 8 heteroatoms. The summed E-state index contributed by atoms with van der Waals surface area (Å²) in [4.78, 5) is 15.4. The van der Waals surface area contributed by atoms with Crippen LogP contribution in [0.25, 0.3) is 0 Å². The van der Waals surface area contributed by atoms with Crippen LogP contribution in [0.5, 0.6) is 0 Å². The predicted molar refractivity (Wildman–Crippen MR) is 55.5 cm³/mol. The molecule has 1 aromatic heterocycles. The number of nitrogens with zero attached hydrogens (tertiary/aromatic N) is 2. The quantitative estimate of drug-likeness (QED) is 0.909. The lowest BCUT2D eigenvalue weighted by atomic mass is 10.5. The maximum Gasteiger partial charge on any atom is 0.406 e. The van der Waals surface area contributed by atoms with Gasteiger partial charge < -0.3 is 10.0 Å². The highest BCUT2D eigenvalue weighted by Crippen LogP contribution is 2.35. The minimum Gasteiger partial charge on any atom is -0.476 e. The van der Waals surface area contributed by atoms with Gasteiger partial charge in [-0.2, -0.15) is 13.2 Å². The van der Waals surface area contributed by atoms with E-state index in [4.69, 9.17) is 5.11 Å². The highest BCUT2D eigenvalue weighted by molar-refractivity contribution is 7.13. The molecule has 1 saturated carbocycles. The van der Waals surface area contributed by atoms with Crippen LogP contribution in [0.4, 0.5) is 18.3 Å². The highest BCUT2D eigenvalue weighted by atomic mass is 32.1. The highest BCUT2D eigenvalue weighted by Gasteiger charge is 2.39. The van der Waals surface area contributed by atoms with Gasteiger partial charge in [0.1, 0.15) is 6.54 Å². The summed E-state index contributed by atoms with van der Waals surface area (Å²) in [6, 6.07) is -0.163. The number of hydrogen-bond donors (Lipinski definition) is 1. The summed E-state index contributed by atoms with van der Waals surface area (Å²) >= 11 is 0.929. The van der Waals surface area contributed by atoms with Crippen LogP contribution in [-0.4, -0.2) is 34.8 Å². The second kappa shape index (κ2) is 4.17. The molecular formula is C9H9F3N2O2S. The van der Waals surface area contributed by atoms with E-state index in [9.17, 15) is 18.0 Å². The van der Waals surface area contributed by atoms with E-state index < -0.39 is 18.7 Å². The molecule has 0 radical (unpaired) electrons. The molecule has 1 fully saturated rings. The summed E-state index contributed by atoms with van der Waals surface area (Å²) in [6.45, 7) is -1.08. The lowest BCUT2D eigenvalue weighted by molar-refractivity contribution is -0.120. The summed E-state index contributed by atoms with van der Waals surface area (Å²) in [5, 5.41) is 10.1. The van der Waals surface area contributed by atoms with Gasteiger partial charge in [-0.1, -0.05) is 0 Å². The van der Waals surface area contributed by atoms with Crippen molar-refractivity contribution in [1.29, 1.82) is 0 Å². The van der Waals surface area contributed by atoms with E-state index in [2.05, 4.69) is 4.98 Å². The largest absolute Gasteiger partial charge is 0.476 e. The molecule has 0 bridgehead atoms. The van der Waals surface area contributed by atoms with Crippen molar-refractivity contribution in [2.75, 3.05) is 11.4 Å². The van der Waals surface area contributed by atoms with Crippen LogP contribution in [-0.2, 0) is 0 Å². The first kappa shape index (κ1) is 12.2. The van der Waals surface area contributed by atoms with Crippen molar-refractivity contribution in [2.24, 2.45) is 0 Å². The molecule has 1 aromatic rings. The Morgan fingerprint density at radius 3 is 2.65 bits per heavy atom. The summed E-state index contributed by atoms with van der Waals surface area (Å²) in [6.07, 6.45) is -2.92. The normalized spacial score (nSPS) is 15.9. The molecule has 1 heterocycles. The number of halogens is 3. The Balaban J connectivity index is 2.17. The topological polar surface area (TPSA) is 53.4 Å². The number of carboxylic acids is 1. The Hall–Kier alpha value is -1.31. The summed E-state index contributed by atoms with van der Waals surface area (Å²) < 4.78 is 37.1. The fourth-order valence-electron chi connectivity index (χ4n) is 1.43. The molecule has 0 atom stereocenters. The van der Waals surface area contributed by atoms with Crippen LogP contribution in [0, 0.1) is 0 Å². The van der Waals surface area contributed by atoms with Crippen molar-refractivity contribution in [1.82, 2.24) is 4.98 Å². The van der Waals surface area contributed by atoms with Crippen molar-refractivity contribution in [2.45, 2.75) is 25.1 Å². The zero-order chi connectivity index (χ0) is 12.6. The van der Waals surface area contributed by atoms with Crippen LogP contribution in [0.15, 0.2) is 5.38 Å². The van der Waals surface area contributed by atoms with Gasteiger partial charge in [0.2, 0.25) is 0 Å². The Morgan fingerprint density at radius 2 is 2.24 bits per heavy atom. The Kier molecular flexibility index (Phi) is 2.98. The van der Waals surface area contributed by atoms with Crippen LogP contribution in [0.2, 0.25) is 0 Å². The number of alkyl halides is 3. The molecule has 0 unspecified atom stereocenters. The van der Waals surface area contributed by atoms with Gasteiger partial charge in [-0.25, -0.2) is 9.78 Å². The molecule has 94 valence electrons. The molecule has 0 aliphatic heterocycles. The number of rotatable bonds is 4. The average molecular weight is 266 g/mol. The second-order valence-electron chi connectivity index (χ2n) is 3.79. The maximum absolute atomic E-state index is 12.4. The Bertz CT molecular complexity index is 428. The minimum atomic E-state index is -4.31. The zero-order valence-corrected chi connectivity index (χ0v) is 9.38. The van der Waals surface area contributed by atoms with Gasteiger partial charge in [0.25, 0.3) is 0 Å². The van der Waals surface area contributed by atoms with Gasteiger partial charge in [0.15, 0.2) is 10.8 Å². The van der Waals surface area contributed by atoms with Gasteiger partial charge in [0.05, 0.1) is 0 Å². The van der Waals surface area contributed by atoms with Crippen molar-refractivity contribution < 1.29 is 23.1 Å². The van der Waals surface area contributed by atoms with Crippen molar-refractivity contribution in [3.63, 3.8) is 0 Å². The smallest absolute Gasteiger partial charge is 0.406 e. The van der Waals surface area contributed by atoms with Gasteiger partial charge in [0, 0.05) is 11.4 Å². The minimum absolute atomic E-state index is 0.127. The molecule has 17 heavy (non-hydrogen) atoms. The standard InChI is InChI=1S/C9H9F3N2O2S/c10-9(11,12)4-14(5-1-2-5)8-13-6(3-17-8)7(15)16/h3,5H,1-2,4H2,(H,15,16). The first-order valence-corrected chi connectivity index (χ1v) is 5.77. The van der Waals surface area contributed by atoms with Gasteiger partial charge in [-0.05, 0) is 12.8 Å². The fraction of sp³-hybridized carbons (Fsp3) is 0.556.